The topological polar surface area (TPSA) is 69.6 Å². The monoisotopic (exact) mass is 433 g/mol. The van der Waals surface area contributed by atoms with Gasteiger partial charge in [-0.15, -0.1) is 0 Å². The highest BCUT2D eigenvalue weighted by Crippen LogP contribution is 2.39. The standard InChI is InChI=1S/C21H28FN5O2S/c1-25(2)21-23-15-18(16-8-10-17(22)11-9-16)20(24-21)19-7-3-4-14-27(19)30(28,29)26-12-5-6-13-26/h8-11,15,19H,3-7,12-14H2,1-2H3/t19-/m0/s1. The summed E-state index contributed by atoms with van der Waals surface area (Å²) in [6.45, 7) is 1.62. The summed E-state index contributed by atoms with van der Waals surface area (Å²) in [6.07, 6.45) is 5.99. The zero-order valence-corrected chi connectivity index (χ0v) is 18.3. The van der Waals surface area contributed by atoms with Crippen LogP contribution in [0.1, 0.15) is 43.8 Å². The van der Waals surface area contributed by atoms with Crippen LogP contribution < -0.4 is 4.90 Å². The molecule has 3 heterocycles. The van der Waals surface area contributed by atoms with Gasteiger partial charge in [0.15, 0.2) is 0 Å². The average Bonchev–Trinajstić information content (AvgIpc) is 3.30. The Hall–Kier alpha value is -2.10. The second-order valence-electron chi connectivity index (χ2n) is 8.11. The Bertz CT molecular complexity index is 991. The lowest BCUT2D eigenvalue weighted by molar-refractivity contribution is 0.235. The molecule has 1 aromatic heterocycles. The first-order valence-corrected chi connectivity index (χ1v) is 11.8. The summed E-state index contributed by atoms with van der Waals surface area (Å²) < 4.78 is 43.6. The average molecular weight is 434 g/mol. The highest BCUT2D eigenvalue weighted by molar-refractivity contribution is 7.86. The van der Waals surface area contributed by atoms with E-state index in [-0.39, 0.29) is 11.9 Å². The zero-order chi connectivity index (χ0) is 21.3. The highest BCUT2D eigenvalue weighted by atomic mass is 32.2. The van der Waals surface area contributed by atoms with Crippen molar-refractivity contribution >= 4 is 16.2 Å². The maximum atomic E-state index is 13.5. The largest absolute Gasteiger partial charge is 0.347 e. The van der Waals surface area contributed by atoms with Crippen LogP contribution in [-0.2, 0) is 10.2 Å². The summed E-state index contributed by atoms with van der Waals surface area (Å²) in [5, 5.41) is 0. The van der Waals surface area contributed by atoms with Crippen LogP contribution in [0, 0.1) is 5.82 Å². The van der Waals surface area contributed by atoms with Crippen molar-refractivity contribution in [2.75, 3.05) is 38.6 Å². The molecule has 0 saturated carbocycles. The van der Waals surface area contributed by atoms with E-state index < -0.39 is 10.2 Å². The SMILES string of the molecule is CN(C)c1ncc(-c2ccc(F)cc2)c([C@@H]2CCCCN2S(=O)(=O)N2CCCC2)n1. The molecule has 2 fully saturated rings. The van der Waals surface area contributed by atoms with Gasteiger partial charge in [-0.05, 0) is 43.4 Å². The van der Waals surface area contributed by atoms with Crippen LogP contribution in [0.3, 0.4) is 0 Å². The summed E-state index contributed by atoms with van der Waals surface area (Å²) in [7, 11) is 0.150. The van der Waals surface area contributed by atoms with Gasteiger partial charge in [0.1, 0.15) is 5.82 Å². The fraction of sp³-hybridized carbons (Fsp3) is 0.524. The molecule has 0 amide bonds. The molecule has 2 saturated heterocycles. The third-order valence-corrected chi connectivity index (χ3v) is 7.87. The van der Waals surface area contributed by atoms with Crippen molar-refractivity contribution in [1.29, 1.82) is 0 Å². The van der Waals surface area contributed by atoms with Crippen LogP contribution in [0.4, 0.5) is 10.3 Å². The summed E-state index contributed by atoms with van der Waals surface area (Å²) in [6, 6.07) is 5.81. The molecule has 1 atom stereocenters. The van der Waals surface area contributed by atoms with E-state index in [4.69, 9.17) is 4.98 Å². The lowest BCUT2D eigenvalue weighted by atomic mass is 9.95. The lowest BCUT2D eigenvalue weighted by Crippen LogP contribution is -2.46. The molecule has 0 unspecified atom stereocenters. The maximum absolute atomic E-state index is 13.5. The van der Waals surface area contributed by atoms with Crippen LogP contribution in [-0.4, -0.2) is 60.7 Å². The molecule has 0 bridgehead atoms. The van der Waals surface area contributed by atoms with Crippen molar-refractivity contribution in [1.82, 2.24) is 18.6 Å². The second-order valence-corrected chi connectivity index (χ2v) is 9.99. The fourth-order valence-corrected chi connectivity index (χ4v) is 6.13. The van der Waals surface area contributed by atoms with E-state index >= 15 is 0 Å². The van der Waals surface area contributed by atoms with Crippen molar-refractivity contribution in [3.05, 3.63) is 42.0 Å². The summed E-state index contributed by atoms with van der Waals surface area (Å²) in [5.74, 6) is 0.210. The minimum absolute atomic E-state index is 0.318. The molecule has 0 aliphatic carbocycles. The minimum atomic E-state index is -3.57. The molecule has 1 aromatic carbocycles. The van der Waals surface area contributed by atoms with Crippen LogP contribution in [0.15, 0.2) is 30.5 Å². The molecule has 30 heavy (non-hydrogen) atoms. The van der Waals surface area contributed by atoms with Crippen molar-refractivity contribution in [3.63, 3.8) is 0 Å². The van der Waals surface area contributed by atoms with E-state index in [1.807, 2.05) is 14.1 Å². The number of nitrogens with zero attached hydrogens (tertiary/aromatic N) is 5. The van der Waals surface area contributed by atoms with Crippen molar-refractivity contribution in [2.45, 2.75) is 38.1 Å². The molecule has 7 nitrogen and oxygen atoms in total. The predicted molar refractivity (Wildman–Crippen MR) is 115 cm³/mol. The Morgan fingerprint density at radius 2 is 1.70 bits per heavy atom. The molecule has 2 aliphatic rings. The van der Waals surface area contributed by atoms with Crippen LogP contribution in [0.25, 0.3) is 11.1 Å². The normalized spacial score (nSPS) is 21.1. The van der Waals surface area contributed by atoms with E-state index in [2.05, 4.69) is 4.98 Å². The fourth-order valence-electron chi connectivity index (χ4n) is 4.23. The molecule has 0 N–H and O–H groups in total. The number of aromatic nitrogens is 2. The summed E-state index contributed by atoms with van der Waals surface area (Å²) >= 11 is 0. The van der Waals surface area contributed by atoms with Crippen LogP contribution in [0.2, 0.25) is 0 Å². The first kappa shape index (κ1) is 21.1. The van der Waals surface area contributed by atoms with Gasteiger partial charge in [-0.1, -0.05) is 18.6 Å². The van der Waals surface area contributed by atoms with Gasteiger partial charge in [0.2, 0.25) is 5.95 Å². The van der Waals surface area contributed by atoms with Gasteiger partial charge in [0, 0.05) is 45.5 Å². The number of piperidine rings is 1. The number of benzene rings is 1. The Kier molecular flexibility index (Phi) is 6.04. The molecular weight excluding hydrogens is 405 g/mol. The Balaban J connectivity index is 1.81. The van der Waals surface area contributed by atoms with Crippen molar-refractivity contribution in [3.8, 4) is 11.1 Å². The third-order valence-electron chi connectivity index (χ3n) is 5.82. The van der Waals surface area contributed by atoms with Crippen molar-refractivity contribution in [2.24, 2.45) is 0 Å². The van der Waals surface area contributed by atoms with Gasteiger partial charge < -0.3 is 4.90 Å². The first-order valence-electron chi connectivity index (χ1n) is 10.4. The number of hydrogen-bond donors (Lipinski definition) is 0. The number of anilines is 1. The zero-order valence-electron chi connectivity index (χ0n) is 17.5. The molecular formula is C21H28FN5O2S. The molecule has 9 heteroatoms. The van der Waals surface area contributed by atoms with Gasteiger partial charge >= 0.3 is 0 Å². The highest BCUT2D eigenvalue weighted by Gasteiger charge is 2.40. The number of halogens is 1. The summed E-state index contributed by atoms with van der Waals surface area (Å²) in [4.78, 5) is 11.0. The molecule has 0 spiro atoms. The second kappa shape index (κ2) is 8.56. The molecule has 2 aromatic rings. The van der Waals surface area contributed by atoms with Crippen LogP contribution in [0.5, 0.6) is 0 Å². The maximum Gasteiger partial charge on any atom is 0.282 e. The Morgan fingerprint density at radius 1 is 1.03 bits per heavy atom. The van der Waals surface area contributed by atoms with E-state index in [9.17, 15) is 12.8 Å². The van der Waals surface area contributed by atoms with Gasteiger partial charge in [0.25, 0.3) is 10.2 Å². The molecule has 162 valence electrons. The van der Waals surface area contributed by atoms with Gasteiger partial charge in [-0.3, -0.25) is 0 Å². The first-order chi connectivity index (χ1) is 14.4. The predicted octanol–water partition coefficient (Wildman–Crippen LogP) is 3.22. The van der Waals surface area contributed by atoms with Gasteiger partial charge in [-0.25, -0.2) is 14.4 Å². The Labute approximate surface area is 177 Å². The Morgan fingerprint density at radius 3 is 2.37 bits per heavy atom. The van der Waals surface area contributed by atoms with E-state index in [0.717, 1.165) is 36.8 Å². The molecule has 2 aliphatic heterocycles. The third kappa shape index (κ3) is 4.06. The van der Waals surface area contributed by atoms with Crippen LogP contribution >= 0.6 is 0 Å². The quantitative estimate of drug-likeness (QED) is 0.724. The van der Waals surface area contributed by atoms with Gasteiger partial charge in [-0.2, -0.15) is 17.0 Å². The number of hydrogen-bond acceptors (Lipinski definition) is 5. The number of rotatable bonds is 5. The van der Waals surface area contributed by atoms with E-state index in [1.54, 1.807) is 31.8 Å². The smallest absolute Gasteiger partial charge is 0.282 e. The lowest BCUT2D eigenvalue weighted by Gasteiger charge is -2.37. The van der Waals surface area contributed by atoms with E-state index in [0.29, 0.717) is 37.7 Å². The molecule has 4 rings (SSSR count). The van der Waals surface area contributed by atoms with Crippen molar-refractivity contribution < 1.29 is 12.8 Å². The summed E-state index contributed by atoms with van der Waals surface area (Å²) in [5.41, 5.74) is 2.21. The van der Waals surface area contributed by atoms with E-state index in [1.165, 1.54) is 12.1 Å². The minimum Gasteiger partial charge on any atom is -0.347 e. The molecule has 0 radical (unpaired) electrons. The van der Waals surface area contributed by atoms with Gasteiger partial charge in [0.05, 0.1) is 11.7 Å².